The molecule has 0 aliphatic heterocycles. The summed E-state index contributed by atoms with van der Waals surface area (Å²) in [6, 6.07) is 6.07. The third-order valence-electron chi connectivity index (χ3n) is 5.48. The van der Waals surface area contributed by atoms with Crippen molar-refractivity contribution in [3.8, 4) is 5.75 Å². The zero-order valence-corrected chi connectivity index (χ0v) is 15.8. The fraction of sp³-hybridized carbons (Fsp3) is 0.611. The second-order valence-corrected chi connectivity index (χ2v) is 9.08. The van der Waals surface area contributed by atoms with Gasteiger partial charge in [-0.15, -0.1) is 0 Å². The number of anilines is 1. The number of sulfonamides is 1. The maximum atomic E-state index is 12.7. The molecule has 1 aromatic carbocycles. The van der Waals surface area contributed by atoms with E-state index in [1.165, 1.54) is 17.1 Å². The highest BCUT2D eigenvalue weighted by atomic mass is 32.2. The minimum Gasteiger partial charge on any atom is -0.497 e. The molecule has 0 radical (unpaired) electrons. The van der Waals surface area contributed by atoms with Crippen LogP contribution in [0, 0.1) is 11.8 Å². The highest BCUT2D eigenvalue weighted by Gasteiger charge is 2.41. The third kappa shape index (κ3) is 3.76. The van der Waals surface area contributed by atoms with Crippen LogP contribution >= 0.6 is 0 Å². The number of nitrogens with one attached hydrogen (secondary N) is 1. The van der Waals surface area contributed by atoms with Gasteiger partial charge in [-0.3, -0.25) is 9.10 Å². The lowest BCUT2D eigenvalue weighted by molar-refractivity contribution is -0.122. The first-order chi connectivity index (χ1) is 11.8. The summed E-state index contributed by atoms with van der Waals surface area (Å²) in [6.45, 7) is 1.63. The molecule has 138 valence electrons. The number of methoxy groups -OCH3 is 1. The van der Waals surface area contributed by atoms with Crippen LogP contribution in [0.1, 0.15) is 32.6 Å². The second-order valence-electron chi connectivity index (χ2n) is 7.22. The molecule has 6 nitrogen and oxygen atoms in total. The molecule has 4 atom stereocenters. The fourth-order valence-electron chi connectivity index (χ4n) is 4.26. The van der Waals surface area contributed by atoms with Crippen LogP contribution in [-0.2, 0) is 14.8 Å². The monoisotopic (exact) mass is 366 g/mol. The Morgan fingerprint density at radius 3 is 2.40 bits per heavy atom. The fourth-order valence-corrected chi connectivity index (χ4v) is 5.44. The molecular weight excluding hydrogens is 340 g/mol. The molecule has 1 aromatic rings. The lowest BCUT2D eigenvalue weighted by atomic mass is 9.95. The molecule has 1 N–H and O–H groups in total. The van der Waals surface area contributed by atoms with Gasteiger partial charge in [-0.05, 0) is 62.3 Å². The Kier molecular flexibility index (Phi) is 4.95. The lowest BCUT2D eigenvalue weighted by Gasteiger charge is -2.31. The molecule has 0 saturated heterocycles. The van der Waals surface area contributed by atoms with E-state index in [-0.39, 0.29) is 11.9 Å². The van der Waals surface area contributed by atoms with Crippen molar-refractivity contribution in [2.24, 2.45) is 11.8 Å². The van der Waals surface area contributed by atoms with E-state index in [2.05, 4.69) is 5.32 Å². The number of amides is 1. The molecule has 2 aliphatic carbocycles. The SMILES string of the molecule is COc1ccc(N([C@@H](C)C(=O)N[C@@H]2C[C@H]3CC[C@H]2C3)S(C)(=O)=O)cc1. The van der Waals surface area contributed by atoms with Gasteiger partial charge in [-0.2, -0.15) is 0 Å². The van der Waals surface area contributed by atoms with Gasteiger partial charge in [-0.25, -0.2) is 8.42 Å². The molecular formula is C18H26N2O4S. The first-order valence-corrected chi connectivity index (χ1v) is 10.6. The first kappa shape index (κ1) is 18.0. The Morgan fingerprint density at radius 1 is 1.24 bits per heavy atom. The van der Waals surface area contributed by atoms with Crippen molar-refractivity contribution < 1.29 is 17.9 Å². The number of hydrogen-bond acceptors (Lipinski definition) is 4. The Balaban J connectivity index is 1.76. The number of rotatable bonds is 6. The maximum Gasteiger partial charge on any atom is 0.243 e. The third-order valence-corrected chi connectivity index (χ3v) is 6.72. The molecule has 25 heavy (non-hydrogen) atoms. The molecule has 2 fully saturated rings. The van der Waals surface area contributed by atoms with Crippen LogP contribution in [0.4, 0.5) is 5.69 Å². The van der Waals surface area contributed by atoms with Crippen molar-refractivity contribution in [1.82, 2.24) is 5.32 Å². The topological polar surface area (TPSA) is 75.7 Å². The van der Waals surface area contributed by atoms with Gasteiger partial charge in [0.25, 0.3) is 0 Å². The van der Waals surface area contributed by atoms with Gasteiger partial charge in [0, 0.05) is 6.04 Å². The summed E-state index contributed by atoms with van der Waals surface area (Å²) in [5.41, 5.74) is 0.457. The maximum absolute atomic E-state index is 12.7. The van der Waals surface area contributed by atoms with Crippen LogP contribution < -0.4 is 14.4 Å². The van der Waals surface area contributed by atoms with Gasteiger partial charge in [0.05, 0.1) is 19.1 Å². The second kappa shape index (κ2) is 6.86. The van der Waals surface area contributed by atoms with Crippen LogP contribution in [0.5, 0.6) is 5.75 Å². The average Bonchev–Trinajstić information content (AvgIpc) is 3.17. The highest BCUT2D eigenvalue weighted by Crippen LogP contribution is 2.44. The zero-order chi connectivity index (χ0) is 18.2. The minimum absolute atomic E-state index is 0.186. The summed E-state index contributed by atoms with van der Waals surface area (Å²) in [7, 11) is -2.04. The minimum atomic E-state index is -3.59. The summed E-state index contributed by atoms with van der Waals surface area (Å²) in [5, 5.41) is 3.09. The molecule has 7 heteroatoms. The van der Waals surface area contributed by atoms with Gasteiger partial charge in [0.15, 0.2) is 0 Å². The predicted molar refractivity (Wildman–Crippen MR) is 97.2 cm³/mol. The van der Waals surface area contributed by atoms with Crippen LogP contribution in [0.3, 0.4) is 0 Å². The Labute approximate surface area is 149 Å². The average molecular weight is 366 g/mol. The largest absolute Gasteiger partial charge is 0.497 e. The molecule has 0 heterocycles. The normalized spacial score (nSPS) is 26.3. The van der Waals surface area contributed by atoms with Crippen LogP contribution in [-0.4, -0.2) is 39.8 Å². The summed E-state index contributed by atoms with van der Waals surface area (Å²) in [4.78, 5) is 12.7. The molecule has 1 amide bonds. The lowest BCUT2D eigenvalue weighted by Crippen LogP contribution is -2.51. The number of carbonyl (C=O) groups is 1. The van der Waals surface area contributed by atoms with Gasteiger partial charge in [0.2, 0.25) is 15.9 Å². The quantitative estimate of drug-likeness (QED) is 0.837. The van der Waals surface area contributed by atoms with E-state index in [9.17, 15) is 13.2 Å². The molecule has 2 aliphatic rings. The van der Waals surface area contributed by atoms with E-state index in [4.69, 9.17) is 4.74 Å². The number of benzene rings is 1. The summed E-state index contributed by atoms with van der Waals surface area (Å²) in [6.07, 6.45) is 5.75. The van der Waals surface area contributed by atoms with Gasteiger partial charge < -0.3 is 10.1 Å². The molecule has 3 rings (SSSR count). The van der Waals surface area contributed by atoms with Crippen molar-refractivity contribution in [3.63, 3.8) is 0 Å². The number of fused-ring (bicyclic) bond motifs is 2. The number of carbonyl (C=O) groups excluding carboxylic acids is 1. The van der Waals surface area contributed by atoms with Crippen LogP contribution in [0.25, 0.3) is 0 Å². The van der Waals surface area contributed by atoms with E-state index in [0.717, 1.165) is 25.0 Å². The van der Waals surface area contributed by atoms with E-state index < -0.39 is 16.1 Å². The standard InChI is InChI=1S/C18H26N2O4S/c1-12(18(21)19-17-11-13-4-5-14(17)10-13)20(25(3,22)23)15-6-8-16(24-2)9-7-15/h6-9,12-14,17H,4-5,10-11H2,1-3H3,(H,19,21)/t12-,13-,14-,17+/m0/s1. The van der Waals surface area contributed by atoms with Crippen molar-refractivity contribution >= 4 is 21.6 Å². The summed E-state index contributed by atoms with van der Waals surface area (Å²) >= 11 is 0. The Hall–Kier alpha value is -1.76. The van der Waals surface area contributed by atoms with Crippen LogP contribution in [0.2, 0.25) is 0 Å². The smallest absolute Gasteiger partial charge is 0.243 e. The molecule has 0 spiro atoms. The summed E-state index contributed by atoms with van der Waals surface area (Å²) in [5.74, 6) is 1.67. The van der Waals surface area contributed by atoms with E-state index in [1.54, 1.807) is 38.3 Å². The number of ether oxygens (including phenoxy) is 1. The Bertz CT molecular complexity index is 732. The molecule has 2 saturated carbocycles. The number of nitrogens with zero attached hydrogens (tertiary/aromatic N) is 1. The van der Waals surface area contributed by atoms with E-state index in [0.29, 0.717) is 17.4 Å². The molecule has 0 aromatic heterocycles. The first-order valence-electron chi connectivity index (χ1n) is 8.73. The number of hydrogen-bond donors (Lipinski definition) is 1. The molecule has 0 unspecified atom stereocenters. The van der Waals surface area contributed by atoms with E-state index in [1.807, 2.05) is 0 Å². The van der Waals surface area contributed by atoms with Gasteiger partial charge >= 0.3 is 0 Å². The van der Waals surface area contributed by atoms with Crippen molar-refractivity contribution in [2.45, 2.75) is 44.7 Å². The van der Waals surface area contributed by atoms with Crippen molar-refractivity contribution in [2.75, 3.05) is 17.7 Å². The Morgan fingerprint density at radius 2 is 1.92 bits per heavy atom. The zero-order valence-electron chi connectivity index (χ0n) is 14.9. The molecule has 2 bridgehead atoms. The van der Waals surface area contributed by atoms with Gasteiger partial charge in [-0.1, -0.05) is 6.42 Å². The summed E-state index contributed by atoms with van der Waals surface area (Å²) < 4.78 is 30.9. The van der Waals surface area contributed by atoms with Crippen molar-refractivity contribution in [3.05, 3.63) is 24.3 Å². The predicted octanol–water partition coefficient (Wildman–Crippen LogP) is 2.15. The van der Waals surface area contributed by atoms with E-state index >= 15 is 0 Å². The van der Waals surface area contributed by atoms with Crippen LogP contribution in [0.15, 0.2) is 24.3 Å². The van der Waals surface area contributed by atoms with Gasteiger partial charge in [0.1, 0.15) is 11.8 Å². The van der Waals surface area contributed by atoms with Crippen molar-refractivity contribution in [1.29, 1.82) is 0 Å². The highest BCUT2D eigenvalue weighted by molar-refractivity contribution is 7.92.